The highest BCUT2D eigenvalue weighted by Crippen LogP contribution is 2.45. The van der Waals surface area contributed by atoms with E-state index in [0.29, 0.717) is 0 Å². The number of rotatable bonds is 4. The van der Waals surface area contributed by atoms with E-state index in [1.165, 1.54) is 90.4 Å². The number of piperidine rings is 1. The Balaban J connectivity index is 1.33. The second kappa shape index (κ2) is 6.79. The van der Waals surface area contributed by atoms with E-state index in [4.69, 9.17) is 0 Å². The first-order valence-corrected chi connectivity index (χ1v) is 9.23. The second-order valence-corrected chi connectivity index (χ2v) is 7.87. The van der Waals surface area contributed by atoms with Gasteiger partial charge in [-0.05, 0) is 62.9 Å². The molecule has 0 aromatic rings. The van der Waals surface area contributed by atoms with E-state index in [1.54, 1.807) is 0 Å². The molecule has 0 aromatic carbocycles. The lowest BCUT2D eigenvalue weighted by atomic mass is 9.77. The molecule has 2 atom stereocenters. The van der Waals surface area contributed by atoms with E-state index >= 15 is 0 Å². The van der Waals surface area contributed by atoms with E-state index in [9.17, 15) is 0 Å². The molecule has 3 fully saturated rings. The fraction of sp³-hybridized carbons (Fsp3) is 1.00. The van der Waals surface area contributed by atoms with Crippen LogP contribution in [0.5, 0.6) is 0 Å². The van der Waals surface area contributed by atoms with Crippen molar-refractivity contribution in [2.24, 2.45) is 11.3 Å². The van der Waals surface area contributed by atoms with E-state index in [1.807, 2.05) is 0 Å². The number of hydrogen-bond acceptors (Lipinski definition) is 2. The van der Waals surface area contributed by atoms with E-state index < -0.39 is 0 Å². The van der Waals surface area contributed by atoms with Gasteiger partial charge < -0.3 is 10.2 Å². The smallest absolute Gasteiger partial charge is 0.0107 e. The van der Waals surface area contributed by atoms with Crippen LogP contribution in [0.2, 0.25) is 0 Å². The van der Waals surface area contributed by atoms with Crippen LogP contribution in [-0.2, 0) is 0 Å². The zero-order valence-electron chi connectivity index (χ0n) is 13.5. The maximum absolute atomic E-state index is 3.84. The lowest BCUT2D eigenvalue weighted by molar-refractivity contribution is 0.107. The maximum Gasteiger partial charge on any atom is 0.0107 e. The van der Waals surface area contributed by atoms with Crippen molar-refractivity contribution in [2.45, 2.75) is 77.2 Å². The number of likely N-dealkylation sites (tertiary alicyclic amines) is 1. The van der Waals surface area contributed by atoms with Crippen molar-refractivity contribution in [3.8, 4) is 0 Å². The van der Waals surface area contributed by atoms with Gasteiger partial charge in [0.15, 0.2) is 0 Å². The Hall–Kier alpha value is -0.0800. The van der Waals surface area contributed by atoms with Gasteiger partial charge in [-0.25, -0.2) is 0 Å². The highest BCUT2D eigenvalue weighted by molar-refractivity contribution is 4.90. The summed E-state index contributed by atoms with van der Waals surface area (Å²) in [7, 11) is 0. The van der Waals surface area contributed by atoms with Crippen LogP contribution in [0.15, 0.2) is 0 Å². The summed E-state index contributed by atoms with van der Waals surface area (Å²) in [6.07, 6.45) is 14.7. The van der Waals surface area contributed by atoms with Gasteiger partial charge in [-0.1, -0.05) is 32.6 Å². The summed E-state index contributed by atoms with van der Waals surface area (Å²) in [6.45, 7) is 7.65. The number of hydrogen-bond donors (Lipinski definition) is 1. The SMILES string of the molecule is CC1CCCCC1NCCN1CCC2(CCCC2)CC1. The van der Waals surface area contributed by atoms with Crippen molar-refractivity contribution < 1.29 is 0 Å². The Morgan fingerprint density at radius 3 is 2.35 bits per heavy atom. The average Bonchev–Trinajstić information content (AvgIpc) is 2.92. The molecule has 2 nitrogen and oxygen atoms in total. The summed E-state index contributed by atoms with van der Waals surface area (Å²) in [5, 5.41) is 3.84. The fourth-order valence-electron chi connectivity index (χ4n) is 4.90. The summed E-state index contributed by atoms with van der Waals surface area (Å²) < 4.78 is 0. The Morgan fingerprint density at radius 2 is 1.65 bits per heavy atom. The zero-order valence-corrected chi connectivity index (χ0v) is 13.5. The molecule has 1 N–H and O–H groups in total. The second-order valence-electron chi connectivity index (χ2n) is 7.87. The molecule has 0 radical (unpaired) electrons. The van der Waals surface area contributed by atoms with Gasteiger partial charge in [0.25, 0.3) is 0 Å². The Labute approximate surface area is 125 Å². The van der Waals surface area contributed by atoms with Crippen LogP contribution < -0.4 is 5.32 Å². The molecule has 1 spiro atoms. The largest absolute Gasteiger partial charge is 0.312 e. The number of nitrogens with zero attached hydrogens (tertiary/aromatic N) is 1. The van der Waals surface area contributed by atoms with Gasteiger partial charge in [-0.15, -0.1) is 0 Å². The van der Waals surface area contributed by atoms with Crippen LogP contribution in [0.25, 0.3) is 0 Å². The molecule has 3 rings (SSSR count). The summed E-state index contributed by atoms with van der Waals surface area (Å²) >= 11 is 0. The van der Waals surface area contributed by atoms with Gasteiger partial charge in [-0.3, -0.25) is 0 Å². The van der Waals surface area contributed by atoms with Gasteiger partial charge in [0.2, 0.25) is 0 Å². The molecule has 1 saturated heterocycles. The number of nitrogens with one attached hydrogen (secondary N) is 1. The first-order chi connectivity index (χ1) is 9.77. The highest BCUT2D eigenvalue weighted by atomic mass is 15.1. The fourth-order valence-corrected chi connectivity index (χ4v) is 4.90. The summed E-state index contributed by atoms with van der Waals surface area (Å²) in [5.41, 5.74) is 0.780. The van der Waals surface area contributed by atoms with Crippen molar-refractivity contribution in [3.63, 3.8) is 0 Å². The normalized spacial score (nSPS) is 34.6. The lowest BCUT2D eigenvalue weighted by Gasteiger charge is -2.39. The van der Waals surface area contributed by atoms with Gasteiger partial charge in [-0.2, -0.15) is 0 Å². The summed E-state index contributed by atoms with van der Waals surface area (Å²) in [6, 6.07) is 0.801. The molecule has 1 aliphatic heterocycles. The molecule has 2 aliphatic carbocycles. The van der Waals surface area contributed by atoms with Crippen molar-refractivity contribution in [1.82, 2.24) is 10.2 Å². The predicted molar refractivity (Wildman–Crippen MR) is 86.0 cm³/mol. The van der Waals surface area contributed by atoms with E-state index in [2.05, 4.69) is 17.1 Å². The molecule has 0 amide bonds. The maximum atomic E-state index is 3.84. The molecule has 116 valence electrons. The third-order valence-electron chi connectivity index (χ3n) is 6.53. The monoisotopic (exact) mass is 278 g/mol. The molecule has 3 aliphatic rings. The predicted octanol–water partition coefficient (Wildman–Crippen LogP) is 3.81. The molecule has 20 heavy (non-hydrogen) atoms. The third kappa shape index (κ3) is 3.57. The summed E-state index contributed by atoms with van der Waals surface area (Å²) in [4.78, 5) is 2.71. The zero-order chi connectivity index (χ0) is 13.8. The minimum absolute atomic E-state index is 0.780. The quantitative estimate of drug-likeness (QED) is 0.841. The van der Waals surface area contributed by atoms with Crippen LogP contribution in [-0.4, -0.2) is 37.1 Å². The third-order valence-corrected chi connectivity index (χ3v) is 6.53. The van der Waals surface area contributed by atoms with Crippen LogP contribution in [0.1, 0.15) is 71.1 Å². The molecular formula is C18H34N2. The van der Waals surface area contributed by atoms with Crippen molar-refractivity contribution in [3.05, 3.63) is 0 Å². The average molecular weight is 278 g/mol. The lowest BCUT2D eigenvalue weighted by Crippen LogP contribution is -2.45. The van der Waals surface area contributed by atoms with E-state index in [0.717, 1.165) is 17.4 Å². The minimum atomic E-state index is 0.780. The Morgan fingerprint density at radius 1 is 0.950 bits per heavy atom. The van der Waals surface area contributed by atoms with Crippen molar-refractivity contribution >= 4 is 0 Å². The molecule has 1 heterocycles. The van der Waals surface area contributed by atoms with Crippen molar-refractivity contribution in [2.75, 3.05) is 26.2 Å². The molecule has 0 bridgehead atoms. The van der Waals surface area contributed by atoms with Crippen LogP contribution in [0.4, 0.5) is 0 Å². The molecule has 2 unspecified atom stereocenters. The van der Waals surface area contributed by atoms with Gasteiger partial charge in [0.05, 0.1) is 0 Å². The van der Waals surface area contributed by atoms with Crippen LogP contribution in [0, 0.1) is 11.3 Å². The van der Waals surface area contributed by atoms with Gasteiger partial charge in [0.1, 0.15) is 0 Å². The molecule has 0 aromatic heterocycles. The van der Waals surface area contributed by atoms with E-state index in [-0.39, 0.29) is 0 Å². The topological polar surface area (TPSA) is 15.3 Å². The molecular weight excluding hydrogens is 244 g/mol. The van der Waals surface area contributed by atoms with Gasteiger partial charge in [0, 0.05) is 19.1 Å². The van der Waals surface area contributed by atoms with Gasteiger partial charge >= 0.3 is 0 Å². The standard InChI is InChI=1S/C18H34N2/c1-16-6-2-3-7-17(16)19-12-15-20-13-10-18(11-14-20)8-4-5-9-18/h16-17,19H,2-15H2,1H3. The summed E-state index contributed by atoms with van der Waals surface area (Å²) in [5.74, 6) is 0.895. The minimum Gasteiger partial charge on any atom is -0.312 e. The Kier molecular flexibility index (Phi) is 5.04. The van der Waals surface area contributed by atoms with Crippen LogP contribution >= 0.6 is 0 Å². The first-order valence-electron chi connectivity index (χ1n) is 9.23. The Bertz CT molecular complexity index is 286. The molecule has 2 saturated carbocycles. The first kappa shape index (κ1) is 14.8. The van der Waals surface area contributed by atoms with Crippen LogP contribution in [0.3, 0.4) is 0 Å². The molecule has 2 heteroatoms. The van der Waals surface area contributed by atoms with Crippen molar-refractivity contribution in [1.29, 1.82) is 0 Å². The highest BCUT2D eigenvalue weighted by Gasteiger charge is 2.36.